The van der Waals surface area contributed by atoms with E-state index < -0.39 is 0 Å². The number of aryl methyl sites for hydroxylation is 3. The monoisotopic (exact) mass is 286 g/mol. The highest BCUT2D eigenvalue weighted by atomic mass is 16.5. The van der Waals surface area contributed by atoms with Crippen LogP contribution in [0.3, 0.4) is 0 Å². The number of nitrogens with two attached hydrogens (primary N) is 1. The van der Waals surface area contributed by atoms with Gasteiger partial charge in [0.1, 0.15) is 11.4 Å². The molecule has 1 heterocycles. The van der Waals surface area contributed by atoms with E-state index in [0.717, 1.165) is 16.7 Å². The molecule has 0 spiro atoms. The van der Waals surface area contributed by atoms with Crippen molar-refractivity contribution in [1.82, 2.24) is 9.97 Å². The molecule has 6 nitrogen and oxygen atoms in total. The van der Waals surface area contributed by atoms with Gasteiger partial charge in [0.05, 0.1) is 0 Å². The van der Waals surface area contributed by atoms with Crippen LogP contribution in [0.25, 0.3) is 0 Å². The molecule has 0 unspecified atom stereocenters. The number of hydrogen-bond donors (Lipinski definition) is 2. The SMILES string of the molecule is Cc1cc(C)c(C)c(Oc2nc(C)cc(/C(N)=N/O)n2)c1. The van der Waals surface area contributed by atoms with Crippen LogP contribution in [0.2, 0.25) is 0 Å². The zero-order valence-electron chi connectivity index (χ0n) is 12.5. The van der Waals surface area contributed by atoms with Crippen molar-refractivity contribution in [2.75, 3.05) is 0 Å². The fourth-order valence-corrected chi connectivity index (χ4v) is 1.97. The van der Waals surface area contributed by atoms with Gasteiger partial charge in [-0.25, -0.2) is 4.98 Å². The highest BCUT2D eigenvalue weighted by Crippen LogP contribution is 2.27. The maximum absolute atomic E-state index is 8.74. The number of rotatable bonds is 3. The first-order valence-electron chi connectivity index (χ1n) is 6.50. The lowest BCUT2D eigenvalue weighted by Gasteiger charge is -2.11. The number of benzene rings is 1. The molecule has 1 aromatic heterocycles. The van der Waals surface area contributed by atoms with Gasteiger partial charge in [0, 0.05) is 5.69 Å². The van der Waals surface area contributed by atoms with Gasteiger partial charge < -0.3 is 15.7 Å². The smallest absolute Gasteiger partial charge is 0.322 e. The van der Waals surface area contributed by atoms with Crippen molar-refractivity contribution in [3.63, 3.8) is 0 Å². The highest BCUT2D eigenvalue weighted by Gasteiger charge is 2.11. The van der Waals surface area contributed by atoms with Crippen LogP contribution in [-0.2, 0) is 0 Å². The van der Waals surface area contributed by atoms with Crippen molar-refractivity contribution in [3.05, 3.63) is 46.3 Å². The summed E-state index contributed by atoms with van der Waals surface area (Å²) in [6.07, 6.45) is 0. The normalized spacial score (nSPS) is 11.5. The van der Waals surface area contributed by atoms with Gasteiger partial charge in [-0.15, -0.1) is 0 Å². The summed E-state index contributed by atoms with van der Waals surface area (Å²) in [6, 6.07) is 5.80. The van der Waals surface area contributed by atoms with Gasteiger partial charge in [0.25, 0.3) is 0 Å². The number of ether oxygens (including phenoxy) is 1. The minimum absolute atomic E-state index is 0.0810. The molecule has 1 aromatic carbocycles. The van der Waals surface area contributed by atoms with Crippen molar-refractivity contribution < 1.29 is 9.94 Å². The minimum Gasteiger partial charge on any atom is -0.424 e. The number of aromatic nitrogens is 2. The Labute approximate surface area is 123 Å². The molecule has 0 aliphatic carbocycles. The van der Waals surface area contributed by atoms with Crippen molar-refractivity contribution in [3.8, 4) is 11.8 Å². The molecule has 0 bridgehead atoms. The third-order valence-corrected chi connectivity index (χ3v) is 3.17. The molecule has 0 amide bonds. The molecular weight excluding hydrogens is 268 g/mol. The molecule has 0 aliphatic rings. The molecule has 0 radical (unpaired) electrons. The number of oxime groups is 1. The fraction of sp³-hybridized carbons (Fsp3) is 0.267. The third kappa shape index (κ3) is 3.28. The van der Waals surface area contributed by atoms with E-state index in [-0.39, 0.29) is 11.8 Å². The lowest BCUT2D eigenvalue weighted by atomic mass is 10.1. The van der Waals surface area contributed by atoms with E-state index >= 15 is 0 Å². The summed E-state index contributed by atoms with van der Waals surface area (Å²) < 4.78 is 5.77. The van der Waals surface area contributed by atoms with Gasteiger partial charge in [-0.3, -0.25) is 0 Å². The Morgan fingerprint density at radius 3 is 2.52 bits per heavy atom. The zero-order valence-corrected chi connectivity index (χ0v) is 12.5. The third-order valence-electron chi connectivity index (χ3n) is 3.17. The van der Waals surface area contributed by atoms with E-state index in [1.54, 1.807) is 13.0 Å². The molecule has 2 rings (SSSR count). The van der Waals surface area contributed by atoms with E-state index in [2.05, 4.69) is 21.2 Å². The predicted molar refractivity (Wildman–Crippen MR) is 80.0 cm³/mol. The summed E-state index contributed by atoms with van der Waals surface area (Å²) in [5, 5.41) is 11.7. The molecule has 0 atom stereocenters. The van der Waals surface area contributed by atoms with Gasteiger partial charge in [-0.1, -0.05) is 11.2 Å². The van der Waals surface area contributed by atoms with Crippen LogP contribution in [0.5, 0.6) is 11.8 Å². The summed E-state index contributed by atoms with van der Waals surface area (Å²) >= 11 is 0. The van der Waals surface area contributed by atoms with Crippen LogP contribution in [-0.4, -0.2) is 21.0 Å². The van der Waals surface area contributed by atoms with Crippen LogP contribution in [0, 0.1) is 27.7 Å². The van der Waals surface area contributed by atoms with Gasteiger partial charge in [-0.2, -0.15) is 4.98 Å². The van der Waals surface area contributed by atoms with Gasteiger partial charge >= 0.3 is 6.01 Å². The number of nitrogens with zero attached hydrogens (tertiary/aromatic N) is 3. The van der Waals surface area contributed by atoms with Crippen LogP contribution >= 0.6 is 0 Å². The number of amidine groups is 1. The maximum atomic E-state index is 8.74. The van der Waals surface area contributed by atoms with E-state index in [4.69, 9.17) is 15.7 Å². The van der Waals surface area contributed by atoms with Crippen LogP contribution in [0.1, 0.15) is 28.1 Å². The van der Waals surface area contributed by atoms with E-state index in [0.29, 0.717) is 17.1 Å². The quantitative estimate of drug-likeness (QED) is 0.391. The zero-order chi connectivity index (χ0) is 15.6. The average molecular weight is 286 g/mol. The first-order chi connectivity index (χ1) is 9.90. The van der Waals surface area contributed by atoms with Crippen LogP contribution < -0.4 is 10.5 Å². The summed E-state index contributed by atoms with van der Waals surface area (Å²) in [7, 11) is 0. The van der Waals surface area contributed by atoms with E-state index in [9.17, 15) is 0 Å². The Balaban J connectivity index is 2.43. The summed E-state index contributed by atoms with van der Waals surface area (Å²) in [6.45, 7) is 7.79. The molecule has 0 aliphatic heterocycles. The summed E-state index contributed by atoms with van der Waals surface area (Å²) in [4.78, 5) is 8.37. The molecule has 3 N–H and O–H groups in total. The second-order valence-corrected chi connectivity index (χ2v) is 4.97. The molecular formula is C15H18N4O2. The Hall–Kier alpha value is -2.63. The molecule has 0 fully saturated rings. The average Bonchev–Trinajstić information content (AvgIpc) is 2.42. The predicted octanol–water partition coefficient (Wildman–Crippen LogP) is 2.60. The van der Waals surface area contributed by atoms with Crippen molar-refractivity contribution >= 4 is 5.84 Å². The molecule has 110 valence electrons. The molecule has 0 saturated heterocycles. The van der Waals surface area contributed by atoms with Crippen LogP contribution in [0.4, 0.5) is 0 Å². The lowest BCUT2D eigenvalue weighted by Crippen LogP contribution is -2.16. The van der Waals surface area contributed by atoms with E-state index in [1.807, 2.05) is 26.8 Å². The second kappa shape index (κ2) is 5.78. The van der Waals surface area contributed by atoms with Crippen molar-refractivity contribution in [2.24, 2.45) is 10.9 Å². The van der Waals surface area contributed by atoms with Crippen molar-refractivity contribution in [2.45, 2.75) is 27.7 Å². The molecule has 0 saturated carbocycles. The molecule has 2 aromatic rings. The summed E-state index contributed by atoms with van der Waals surface area (Å²) in [5.74, 6) is 0.617. The van der Waals surface area contributed by atoms with Gasteiger partial charge in [-0.05, 0) is 56.5 Å². The fourth-order valence-electron chi connectivity index (χ4n) is 1.97. The molecule has 21 heavy (non-hydrogen) atoms. The highest BCUT2D eigenvalue weighted by molar-refractivity contribution is 5.95. The standard InChI is InChI=1S/C15H18N4O2/c1-8-5-9(2)11(4)13(6-8)21-15-17-10(3)7-12(18-15)14(16)19-20/h5-7,20H,1-4H3,(H2,16,19). The molecule has 6 heteroatoms. The maximum Gasteiger partial charge on any atom is 0.322 e. The Kier molecular flexibility index (Phi) is 4.07. The van der Waals surface area contributed by atoms with Gasteiger partial charge in [0.15, 0.2) is 5.84 Å². The lowest BCUT2D eigenvalue weighted by molar-refractivity contribution is 0.318. The number of hydrogen-bond acceptors (Lipinski definition) is 5. The van der Waals surface area contributed by atoms with E-state index in [1.165, 1.54) is 0 Å². The topological polar surface area (TPSA) is 93.6 Å². The largest absolute Gasteiger partial charge is 0.424 e. The first kappa shape index (κ1) is 14.8. The second-order valence-electron chi connectivity index (χ2n) is 4.97. The van der Waals surface area contributed by atoms with Gasteiger partial charge in [0.2, 0.25) is 0 Å². The van der Waals surface area contributed by atoms with Crippen LogP contribution in [0.15, 0.2) is 23.4 Å². The first-order valence-corrected chi connectivity index (χ1v) is 6.50. The Morgan fingerprint density at radius 2 is 1.86 bits per heavy atom. The Morgan fingerprint density at radius 1 is 1.14 bits per heavy atom. The van der Waals surface area contributed by atoms with Crippen molar-refractivity contribution in [1.29, 1.82) is 0 Å². The summed E-state index contributed by atoms with van der Waals surface area (Å²) in [5.41, 5.74) is 9.80. The minimum atomic E-state index is -0.0810. The Bertz CT molecular complexity index is 711.